The van der Waals surface area contributed by atoms with Gasteiger partial charge in [-0.25, -0.2) is 9.78 Å². The fraction of sp³-hybridized carbons (Fsp3) is 0. The van der Waals surface area contributed by atoms with E-state index in [1.807, 2.05) is 0 Å². The van der Waals surface area contributed by atoms with Gasteiger partial charge in [-0.2, -0.15) is 9.78 Å². The normalized spacial score (nSPS) is 11.1. The maximum absolute atomic E-state index is 13.4. The van der Waals surface area contributed by atoms with Crippen molar-refractivity contribution in [1.29, 1.82) is 0 Å². The van der Waals surface area contributed by atoms with Gasteiger partial charge in [0.15, 0.2) is 5.82 Å². The number of hydrogen-bond acceptors (Lipinski definition) is 7. The molecule has 10 heteroatoms. The second-order valence-corrected chi connectivity index (χ2v) is 8.49. The summed E-state index contributed by atoms with van der Waals surface area (Å²) in [5.41, 5.74) is 1.20. The highest BCUT2D eigenvalue weighted by Crippen LogP contribution is 2.22. The van der Waals surface area contributed by atoms with Gasteiger partial charge in [0.1, 0.15) is 5.75 Å². The Kier molecular flexibility index (Phi) is 6.75. The Bertz CT molecular complexity index is 1760. The number of benzene rings is 4. The lowest BCUT2D eigenvalue weighted by molar-refractivity contribution is -0.384. The van der Waals surface area contributed by atoms with Gasteiger partial charge in [-0.05, 0) is 60.7 Å². The Morgan fingerprint density at radius 1 is 0.947 bits per heavy atom. The Labute approximate surface area is 220 Å². The number of hydrogen-bond donors (Lipinski definition) is 0. The molecule has 0 saturated heterocycles. The average molecular weight is 525 g/mol. The first-order chi connectivity index (χ1) is 18.4. The van der Waals surface area contributed by atoms with Crippen LogP contribution in [-0.4, -0.2) is 26.8 Å². The minimum absolute atomic E-state index is 0.139. The number of non-ortho nitro benzene ring substituents is 1. The number of fused-ring (bicyclic) bond motifs is 1. The third-order valence-corrected chi connectivity index (χ3v) is 5.86. The monoisotopic (exact) mass is 524 g/mol. The van der Waals surface area contributed by atoms with Crippen molar-refractivity contribution in [2.24, 2.45) is 5.10 Å². The highest BCUT2D eigenvalue weighted by Gasteiger charge is 2.15. The maximum atomic E-state index is 13.4. The molecule has 0 spiro atoms. The molecule has 5 rings (SSSR count). The second kappa shape index (κ2) is 10.5. The van der Waals surface area contributed by atoms with Crippen LogP contribution in [0.25, 0.3) is 22.3 Å². The van der Waals surface area contributed by atoms with Gasteiger partial charge in [0.05, 0.1) is 27.6 Å². The van der Waals surface area contributed by atoms with Crippen LogP contribution in [0, 0.1) is 10.1 Å². The number of halogens is 1. The molecule has 0 N–H and O–H groups in total. The molecule has 9 nitrogen and oxygen atoms in total. The lowest BCUT2D eigenvalue weighted by atomic mass is 10.2. The molecule has 0 aliphatic heterocycles. The summed E-state index contributed by atoms with van der Waals surface area (Å²) >= 11 is 6.04. The number of nitro groups is 1. The zero-order valence-electron chi connectivity index (χ0n) is 19.5. The van der Waals surface area contributed by atoms with Crippen LogP contribution in [0.2, 0.25) is 5.02 Å². The number of carbonyl (C=O) groups excluding carboxylic acids is 1. The van der Waals surface area contributed by atoms with Gasteiger partial charge < -0.3 is 4.74 Å². The van der Waals surface area contributed by atoms with Crippen LogP contribution >= 0.6 is 11.6 Å². The number of ether oxygens (including phenoxy) is 1. The minimum Gasteiger partial charge on any atom is -0.422 e. The molecule has 5 aromatic rings. The molecule has 0 bridgehead atoms. The Morgan fingerprint density at radius 3 is 2.37 bits per heavy atom. The van der Waals surface area contributed by atoms with E-state index < -0.39 is 10.9 Å². The Hall–Kier alpha value is -5.15. The first kappa shape index (κ1) is 24.5. The van der Waals surface area contributed by atoms with Crippen LogP contribution in [0.3, 0.4) is 0 Å². The number of carbonyl (C=O) groups is 1. The van der Waals surface area contributed by atoms with Crippen LogP contribution in [0.5, 0.6) is 5.75 Å². The van der Waals surface area contributed by atoms with E-state index in [1.165, 1.54) is 35.2 Å². The predicted octanol–water partition coefficient (Wildman–Crippen LogP) is 5.73. The minimum atomic E-state index is -0.702. The van der Waals surface area contributed by atoms with Crippen molar-refractivity contribution in [3.63, 3.8) is 0 Å². The zero-order valence-corrected chi connectivity index (χ0v) is 20.3. The van der Waals surface area contributed by atoms with E-state index in [4.69, 9.17) is 16.3 Å². The number of nitro benzene ring substituents is 1. The predicted molar refractivity (Wildman–Crippen MR) is 144 cm³/mol. The van der Waals surface area contributed by atoms with E-state index in [-0.39, 0.29) is 22.6 Å². The first-order valence-electron chi connectivity index (χ1n) is 11.3. The molecular formula is C28H17ClN4O5. The molecule has 0 amide bonds. The molecule has 0 atom stereocenters. The van der Waals surface area contributed by atoms with E-state index in [0.29, 0.717) is 32.9 Å². The standard InChI is InChI=1S/C28H17ClN4O5/c29-21-13-9-18(10-14-21)26-31-24-7-3-2-6-23(24)27(34)32(26)30-17-20-5-1-4-8-25(20)38-28(35)19-11-15-22(16-12-19)33(36)37/h1-17H. The van der Waals surface area contributed by atoms with Crippen molar-refractivity contribution >= 4 is 40.4 Å². The summed E-state index contributed by atoms with van der Waals surface area (Å²) in [7, 11) is 0. The number of nitrogens with zero attached hydrogens (tertiary/aromatic N) is 4. The summed E-state index contributed by atoms with van der Waals surface area (Å²) < 4.78 is 6.71. The first-order valence-corrected chi connectivity index (χ1v) is 11.7. The van der Waals surface area contributed by atoms with Gasteiger partial charge >= 0.3 is 5.97 Å². The summed E-state index contributed by atoms with van der Waals surface area (Å²) in [6, 6.07) is 25.6. The summed E-state index contributed by atoms with van der Waals surface area (Å²) in [6.45, 7) is 0. The molecule has 0 fully saturated rings. The highest BCUT2D eigenvalue weighted by molar-refractivity contribution is 6.30. The van der Waals surface area contributed by atoms with Gasteiger partial charge in [-0.1, -0.05) is 35.9 Å². The number of para-hydroxylation sites is 2. The van der Waals surface area contributed by atoms with Crippen molar-refractivity contribution < 1.29 is 14.5 Å². The molecule has 0 saturated carbocycles. The van der Waals surface area contributed by atoms with Crippen LogP contribution in [0.1, 0.15) is 15.9 Å². The van der Waals surface area contributed by atoms with Crippen LogP contribution < -0.4 is 10.3 Å². The molecule has 0 unspecified atom stereocenters. The van der Waals surface area contributed by atoms with E-state index in [1.54, 1.807) is 72.8 Å². The molecule has 1 heterocycles. The maximum Gasteiger partial charge on any atom is 0.343 e. The van der Waals surface area contributed by atoms with E-state index in [9.17, 15) is 19.7 Å². The molecular weight excluding hydrogens is 508 g/mol. The summed E-state index contributed by atoms with van der Waals surface area (Å²) in [4.78, 5) is 41.0. The molecule has 186 valence electrons. The van der Waals surface area contributed by atoms with Crippen molar-refractivity contribution in [1.82, 2.24) is 9.66 Å². The fourth-order valence-corrected chi connectivity index (χ4v) is 3.82. The molecule has 4 aromatic carbocycles. The average Bonchev–Trinajstić information content (AvgIpc) is 2.93. The van der Waals surface area contributed by atoms with E-state index in [0.717, 1.165) is 0 Å². The van der Waals surface area contributed by atoms with Gasteiger partial charge in [-0.3, -0.25) is 14.9 Å². The van der Waals surface area contributed by atoms with Gasteiger partial charge in [0, 0.05) is 28.3 Å². The van der Waals surface area contributed by atoms with E-state index in [2.05, 4.69) is 10.1 Å². The number of rotatable bonds is 6. The van der Waals surface area contributed by atoms with Crippen molar-refractivity contribution in [3.8, 4) is 17.1 Å². The smallest absolute Gasteiger partial charge is 0.343 e. The van der Waals surface area contributed by atoms with Crippen molar-refractivity contribution in [2.45, 2.75) is 0 Å². The Balaban J connectivity index is 1.52. The van der Waals surface area contributed by atoms with Gasteiger partial charge in [0.2, 0.25) is 0 Å². The Morgan fingerprint density at radius 2 is 1.63 bits per heavy atom. The van der Waals surface area contributed by atoms with Gasteiger partial charge in [0.25, 0.3) is 11.2 Å². The molecule has 1 aromatic heterocycles. The van der Waals surface area contributed by atoms with Gasteiger partial charge in [-0.15, -0.1) is 0 Å². The third kappa shape index (κ3) is 5.04. The third-order valence-electron chi connectivity index (χ3n) is 5.60. The van der Waals surface area contributed by atoms with Crippen molar-refractivity contribution in [2.75, 3.05) is 0 Å². The molecule has 0 aliphatic rings. The summed E-state index contributed by atoms with van der Waals surface area (Å²) in [5, 5.41) is 16.2. The van der Waals surface area contributed by atoms with E-state index >= 15 is 0 Å². The summed E-state index contributed by atoms with van der Waals surface area (Å²) in [5.74, 6) is -0.205. The SMILES string of the molecule is O=C(Oc1ccccc1C=Nn1c(-c2ccc(Cl)cc2)nc2ccccc2c1=O)c1ccc([N+](=O)[O-])cc1. The largest absolute Gasteiger partial charge is 0.422 e. The topological polar surface area (TPSA) is 117 Å². The lowest BCUT2D eigenvalue weighted by Crippen LogP contribution is -2.20. The number of esters is 1. The number of aromatic nitrogens is 2. The molecule has 0 aliphatic carbocycles. The quantitative estimate of drug-likeness (QED) is 0.0920. The second-order valence-electron chi connectivity index (χ2n) is 8.05. The lowest BCUT2D eigenvalue weighted by Gasteiger charge is -2.10. The fourth-order valence-electron chi connectivity index (χ4n) is 3.69. The van der Waals surface area contributed by atoms with Crippen LogP contribution in [0.4, 0.5) is 5.69 Å². The highest BCUT2D eigenvalue weighted by atomic mass is 35.5. The van der Waals surface area contributed by atoms with Crippen LogP contribution in [0.15, 0.2) is 107 Å². The molecule has 38 heavy (non-hydrogen) atoms. The zero-order chi connectivity index (χ0) is 26.6. The van der Waals surface area contributed by atoms with Crippen molar-refractivity contribution in [3.05, 3.63) is 134 Å². The molecule has 0 radical (unpaired) electrons. The summed E-state index contributed by atoms with van der Waals surface area (Å²) in [6.07, 6.45) is 1.40. The van der Waals surface area contributed by atoms with Crippen LogP contribution in [-0.2, 0) is 0 Å².